The smallest absolute Gasteiger partial charge is 0.00445 e. The molecule has 0 aromatic heterocycles. The van der Waals surface area contributed by atoms with Gasteiger partial charge in [-0.15, -0.1) is 0 Å². The Labute approximate surface area is 109 Å². The van der Waals surface area contributed by atoms with Crippen LogP contribution < -0.4 is 5.32 Å². The monoisotopic (exact) mass is 237 g/mol. The van der Waals surface area contributed by atoms with E-state index in [0.717, 1.165) is 18.4 Å². The highest BCUT2D eigenvalue weighted by Gasteiger charge is 2.13. The van der Waals surface area contributed by atoms with Crippen molar-refractivity contribution in [2.45, 2.75) is 53.5 Å². The first-order valence-electron chi connectivity index (χ1n) is 7.10. The second-order valence-corrected chi connectivity index (χ2v) is 6.12. The lowest BCUT2D eigenvalue weighted by Crippen LogP contribution is -2.31. The Kier molecular flexibility index (Phi) is 5.97. The summed E-state index contributed by atoms with van der Waals surface area (Å²) >= 11 is 0. The molecule has 0 aromatic rings. The summed E-state index contributed by atoms with van der Waals surface area (Å²) in [7, 11) is 0. The van der Waals surface area contributed by atoms with E-state index in [2.05, 4.69) is 58.2 Å². The molecule has 0 fully saturated rings. The molecule has 0 heterocycles. The summed E-state index contributed by atoms with van der Waals surface area (Å²) in [6, 6.07) is 0.612. The molecule has 0 spiro atoms. The van der Waals surface area contributed by atoms with Crippen LogP contribution in [0.5, 0.6) is 0 Å². The molecule has 1 N–H and O–H groups in total. The Balaban J connectivity index is 0.00000289. The van der Waals surface area contributed by atoms with Crippen LogP contribution in [0, 0.1) is 17.8 Å². The standard InChI is InChI=1S/C16H29N.H2/c1-12(2)11-17-15(5)10-14(4)16-8-6-13(3)7-9-16;/h6,8-9,12-15,17H,7,10-11H2,1-5H3;1H/t13?,14-,15?;/m0./s1. The lowest BCUT2D eigenvalue weighted by molar-refractivity contribution is 0.427. The van der Waals surface area contributed by atoms with E-state index in [0.29, 0.717) is 12.0 Å². The number of rotatable bonds is 6. The summed E-state index contributed by atoms with van der Waals surface area (Å²) in [5.74, 6) is 2.14. The number of hydrogen-bond donors (Lipinski definition) is 1. The molecule has 1 aliphatic rings. The van der Waals surface area contributed by atoms with Gasteiger partial charge in [0.05, 0.1) is 0 Å². The maximum atomic E-state index is 3.61. The molecule has 1 heteroatoms. The van der Waals surface area contributed by atoms with E-state index < -0.39 is 0 Å². The predicted octanol–water partition coefficient (Wildman–Crippen LogP) is 4.42. The molecule has 1 aliphatic carbocycles. The molecule has 0 aromatic carbocycles. The molecular formula is C16H31N. The van der Waals surface area contributed by atoms with E-state index in [-0.39, 0.29) is 1.43 Å². The maximum absolute atomic E-state index is 3.61. The summed E-state index contributed by atoms with van der Waals surface area (Å²) in [6.07, 6.45) is 9.54. The van der Waals surface area contributed by atoms with Gasteiger partial charge in [-0.05, 0) is 49.6 Å². The zero-order valence-corrected chi connectivity index (χ0v) is 12.2. The van der Waals surface area contributed by atoms with E-state index in [4.69, 9.17) is 0 Å². The van der Waals surface area contributed by atoms with Gasteiger partial charge in [0.2, 0.25) is 0 Å². The molecule has 0 aliphatic heterocycles. The molecule has 0 amide bonds. The minimum atomic E-state index is 0. The van der Waals surface area contributed by atoms with Crippen molar-refractivity contribution in [3.8, 4) is 0 Å². The molecule has 1 rings (SSSR count). The van der Waals surface area contributed by atoms with Gasteiger partial charge in [0.15, 0.2) is 0 Å². The Morgan fingerprint density at radius 2 is 2.06 bits per heavy atom. The third kappa shape index (κ3) is 5.54. The fourth-order valence-corrected chi connectivity index (χ4v) is 2.30. The van der Waals surface area contributed by atoms with Crippen molar-refractivity contribution in [1.82, 2.24) is 5.32 Å². The zero-order valence-electron chi connectivity index (χ0n) is 12.2. The van der Waals surface area contributed by atoms with E-state index >= 15 is 0 Å². The molecule has 0 radical (unpaired) electrons. The highest BCUT2D eigenvalue weighted by Crippen LogP contribution is 2.24. The van der Waals surface area contributed by atoms with E-state index in [1.165, 1.54) is 18.4 Å². The third-order valence-electron chi connectivity index (χ3n) is 3.49. The summed E-state index contributed by atoms with van der Waals surface area (Å²) in [5.41, 5.74) is 1.53. The molecule has 0 saturated heterocycles. The van der Waals surface area contributed by atoms with Crippen molar-refractivity contribution in [1.29, 1.82) is 0 Å². The highest BCUT2D eigenvalue weighted by atomic mass is 14.9. The molecule has 3 atom stereocenters. The maximum Gasteiger partial charge on any atom is 0.00445 e. The normalized spacial score (nSPS) is 23.6. The van der Waals surface area contributed by atoms with Gasteiger partial charge < -0.3 is 5.32 Å². The van der Waals surface area contributed by atoms with Crippen molar-refractivity contribution in [3.05, 3.63) is 23.8 Å². The summed E-state index contributed by atoms with van der Waals surface area (Å²) in [5, 5.41) is 3.61. The first-order chi connectivity index (χ1) is 7.99. The van der Waals surface area contributed by atoms with Gasteiger partial charge in [-0.3, -0.25) is 0 Å². The summed E-state index contributed by atoms with van der Waals surface area (Å²) in [6.45, 7) is 12.6. The minimum absolute atomic E-state index is 0. The topological polar surface area (TPSA) is 12.0 Å². The Bertz CT molecular complexity index is 281. The zero-order chi connectivity index (χ0) is 12.8. The van der Waals surface area contributed by atoms with Crippen molar-refractivity contribution in [3.63, 3.8) is 0 Å². The average Bonchev–Trinajstić information content (AvgIpc) is 2.27. The van der Waals surface area contributed by atoms with Crippen molar-refractivity contribution in [2.75, 3.05) is 6.54 Å². The van der Waals surface area contributed by atoms with E-state index in [1.54, 1.807) is 0 Å². The van der Waals surface area contributed by atoms with Crippen LogP contribution in [0.15, 0.2) is 23.8 Å². The van der Waals surface area contributed by atoms with Gasteiger partial charge >= 0.3 is 0 Å². The molecule has 0 bridgehead atoms. The van der Waals surface area contributed by atoms with Gasteiger partial charge in [0, 0.05) is 7.47 Å². The van der Waals surface area contributed by atoms with Gasteiger partial charge in [-0.25, -0.2) is 0 Å². The number of hydrogen-bond acceptors (Lipinski definition) is 1. The van der Waals surface area contributed by atoms with E-state index in [1.807, 2.05) is 0 Å². The number of nitrogens with one attached hydrogen (secondary N) is 1. The summed E-state index contributed by atoms with van der Waals surface area (Å²) < 4.78 is 0. The van der Waals surface area contributed by atoms with Crippen molar-refractivity contribution < 1.29 is 1.43 Å². The van der Waals surface area contributed by atoms with Crippen LogP contribution in [0.25, 0.3) is 0 Å². The largest absolute Gasteiger partial charge is 0.314 e. The van der Waals surface area contributed by atoms with Crippen LogP contribution in [-0.2, 0) is 0 Å². The lowest BCUT2D eigenvalue weighted by atomic mass is 9.88. The van der Waals surface area contributed by atoms with Gasteiger partial charge in [-0.1, -0.05) is 45.9 Å². The Morgan fingerprint density at radius 1 is 1.35 bits per heavy atom. The van der Waals surface area contributed by atoms with Crippen LogP contribution in [0.3, 0.4) is 0 Å². The molecule has 0 saturated carbocycles. The molecular weight excluding hydrogens is 206 g/mol. The number of allylic oxidation sites excluding steroid dienone is 4. The average molecular weight is 237 g/mol. The molecule has 17 heavy (non-hydrogen) atoms. The second-order valence-electron chi connectivity index (χ2n) is 6.12. The summed E-state index contributed by atoms with van der Waals surface area (Å²) in [4.78, 5) is 0. The SMILES string of the molecule is CC(C)CNC(C)C[C@H](C)C1=CCC(C)C=C1.[HH]. The fourth-order valence-electron chi connectivity index (χ4n) is 2.30. The van der Waals surface area contributed by atoms with Crippen LogP contribution in [0.1, 0.15) is 48.9 Å². The molecule has 100 valence electrons. The van der Waals surface area contributed by atoms with Crippen LogP contribution >= 0.6 is 0 Å². The van der Waals surface area contributed by atoms with Crippen molar-refractivity contribution >= 4 is 0 Å². The van der Waals surface area contributed by atoms with Crippen LogP contribution in [0.4, 0.5) is 0 Å². The Hall–Kier alpha value is -0.560. The van der Waals surface area contributed by atoms with Crippen LogP contribution in [-0.4, -0.2) is 12.6 Å². The first kappa shape index (κ1) is 14.5. The molecule has 1 nitrogen and oxygen atoms in total. The van der Waals surface area contributed by atoms with E-state index in [9.17, 15) is 0 Å². The van der Waals surface area contributed by atoms with Crippen LogP contribution in [0.2, 0.25) is 0 Å². The lowest BCUT2D eigenvalue weighted by Gasteiger charge is -2.22. The van der Waals surface area contributed by atoms with Gasteiger partial charge in [0.25, 0.3) is 0 Å². The highest BCUT2D eigenvalue weighted by molar-refractivity contribution is 5.25. The molecule has 2 unspecified atom stereocenters. The first-order valence-corrected chi connectivity index (χ1v) is 7.10. The van der Waals surface area contributed by atoms with Gasteiger partial charge in [-0.2, -0.15) is 0 Å². The predicted molar refractivity (Wildman–Crippen MR) is 79.2 cm³/mol. The van der Waals surface area contributed by atoms with Gasteiger partial charge in [0.1, 0.15) is 0 Å². The minimum Gasteiger partial charge on any atom is -0.314 e. The Morgan fingerprint density at radius 3 is 2.59 bits per heavy atom. The fraction of sp³-hybridized carbons (Fsp3) is 0.750. The van der Waals surface area contributed by atoms with Crippen molar-refractivity contribution in [2.24, 2.45) is 17.8 Å². The third-order valence-corrected chi connectivity index (χ3v) is 3.49. The quantitative estimate of drug-likeness (QED) is 0.721. The second kappa shape index (κ2) is 7.00.